The molecule has 2 N–H and O–H groups in total. The van der Waals surface area contributed by atoms with Crippen LogP contribution in [0.4, 0.5) is 0 Å². The van der Waals surface area contributed by atoms with Crippen LogP contribution in [0.1, 0.15) is 22.0 Å². The molecule has 0 unspecified atom stereocenters. The Morgan fingerprint density at radius 2 is 1.76 bits per heavy atom. The van der Waals surface area contributed by atoms with Crippen molar-refractivity contribution < 1.29 is 4.79 Å². The lowest BCUT2D eigenvalue weighted by molar-refractivity contribution is 0.0943. The molecule has 0 saturated carbocycles. The van der Waals surface area contributed by atoms with E-state index in [1.165, 1.54) is 6.07 Å². The molecule has 1 amide bonds. The largest absolute Gasteiger partial charge is 0.350 e. The van der Waals surface area contributed by atoms with E-state index in [1.807, 2.05) is 62.6 Å². The Balaban J connectivity index is 1.84. The average Bonchev–Trinajstić information content (AvgIpc) is 2.61. The summed E-state index contributed by atoms with van der Waals surface area (Å²) in [6.45, 7) is 0.455. The van der Waals surface area contributed by atoms with Gasteiger partial charge in [0.05, 0.1) is 11.6 Å². The van der Waals surface area contributed by atoms with Crippen molar-refractivity contribution >= 4 is 16.8 Å². The van der Waals surface area contributed by atoms with E-state index in [2.05, 4.69) is 15.2 Å². The number of carbonyl (C=O) groups excluding carboxylic acids is 1. The zero-order valence-corrected chi connectivity index (χ0v) is 14.3. The molecule has 0 aliphatic heterocycles. The van der Waals surface area contributed by atoms with Crippen LogP contribution in [0.15, 0.2) is 65.5 Å². The number of hydrogen-bond donors (Lipinski definition) is 2. The molecule has 0 bridgehead atoms. The van der Waals surface area contributed by atoms with Crippen molar-refractivity contribution in [2.75, 3.05) is 20.6 Å². The Kier molecular flexibility index (Phi) is 4.95. The summed E-state index contributed by atoms with van der Waals surface area (Å²) < 4.78 is 0. The predicted molar refractivity (Wildman–Crippen MR) is 99.8 cm³/mol. The van der Waals surface area contributed by atoms with Crippen LogP contribution in [0.5, 0.6) is 0 Å². The maximum atomic E-state index is 12.7. The number of amides is 1. The van der Waals surface area contributed by atoms with Gasteiger partial charge in [0, 0.05) is 23.5 Å². The lowest BCUT2D eigenvalue weighted by atomic mass is 10.1. The number of fused-ring (bicyclic) bond motifs is 1. The van der Waals surface area contributed by atoms with Crippen LogP contribution in [0.25, 0.3) is 10.9 Å². The Hall–Kier alpha value is -2.92. The number of H-pyrrole nitrogens is 1. The minimum absolute atomic E-state index is 0.0541. The number of carbonyl (C=O) groups is 1. The Bertz CT molecular complexity index is 932. The van der Waals surface area contributed by atoms with Gasteiger partial charge in [-0.05, 0) is 25.7 Å². The fourth-order valence-corrected chi connectivity index (χ4v) is 2.95. The van der Waals surface area contributed by atoms with E-state index in [0.29, 0.717) is 17.6 Å². The van der Waals surface area contributed by atoms with Crippen molar-refractivity contribution in [2.45, 2.75) is 6.04 Å². The van der Waals surface area contributed by atoms with Gasteiger partial charge in [0.15, 0.2) is 0 Å². The number of rotatable bonds is 5. The first-order chi connectivity index (χ1) is 12.1. The van der Waals surface area contributed by atoms with Gasteiger partial charge in [0.25, 0.3) is 5.91 Å². The number of benzene rings is 2. The first kappa shape index (κ1) is 16.9. The number of nitrogens with one attached hydrogen (secondary N) is 2. The summed E-state index contributed by atoms with van der Waals surface area (Å²) in [5.74, 6) is -0.245. The molecular formula is C20H21N3O2. The highest BCUT2D eigenvalue weighted by Crippen LogP contribution is 2.18. The summed E-state index contributed by atoms with van der Waals surface area (Å²) in [4.78, 5) is 29.3. The van der Waals surface area contributed by atoms with E-state index in [-0.39, 0.29) is 17.5 Å². The first-order valence-electron chi connectivity index (χ1n) is 8.18. The Morgan fingerprint density at radius 3 is 2.48 bits per heavy atom. The number of likely N-dealkylation sites (N-methyl/N-ethyl adjacent to an activating group) is 1. The van der Waals surface area contributed by atoms with E-state index < -0.39 is 0 Å². The zero-order valence-electron chi connectivity index (χ0n) is 14.3. The monoisotopic (exact) mass is 335 g/mol. The molecule has 5 nitrogen and oxygen atoms in total. The van der Waals surface area contributed by atoms with Gasteiger partial charge in [0.1, 0.15) is 0 Å². The van der Waals surface area contributed by atoms with Crippen LogP contribution < -0.4 is 10.9 Å². The molecule has 1 heterocycles. The second-order valence-corrected chi connectivity index (χ2v) is 6.19. The molecule has 0 spiro atoms. The van der Waals surface area contributed by atoms with Gasteiger partial charge in [-0.2, -0.15) is 0 Å². The molecule has 128 valence electrons. The highest BCUT2D eigenvalue weighted by atomic mass is 16.2. The molecule has 0 fully saturated rings. The van der Waals surface area contributed by atoms with Crippen LogP contribution >= 0.6 is 0 Å². The number of aromatic nitrogens is 1. The van der Waals surface area contributed by atoms with Gasteiger partial charge in [0.2, 0.25) is 5.56 Å². The molecule has 0 saturated heterocycles. The molecule has 3 rings (SSSR count). The van der Waals surface area contributed by atoms with Crippen molar-refractivity contribution in [1.29, 1.82) is 0 Å². The number of nitrogens with zero attached hydrogens (tertiary/aromatic N) is 1. The van der Waals surface area contributed by atoms with Gasteiger partial charge in [-0.25, -0.2) is 0 Å². The lowest BCUT2D eigenvalue weighted by Crippen LogP contribution is -2.35. The summed E-state index contributed by atoms with van der Waals surface area (Å²) in [6, 6.07) is 18.7. The Labute approximate surface area is 146 Å². The highest BCUT2D eigenvalue weighted by Gasteiger charge is 2.17. The van der Waals surface area contributed by atoms with Crippen LogP contribution in [-0.2, 0) is 0 Å². The maximum Gasteiger partial charge on any atom is 0.252 e. The molecule has 0 aliphatic carbocycles. The highest BCUT2D eigenvalue weighted by molar-refractivity contribution is 6.05. The van der Waals surface area contributed by atoms with Crippen LogP contribution in [-0.4, -0.2) is 36.4 Å². The SMILES string of the molecule is CN(C)[C@H](CNC(=O)c1cc(=O)[nH]c2ccccc12)c1ccccc1. The van der Waals surface area contributed by atoms with Gasteiger partial charge in [-0.3, -0.25) is 9.59 Å². The minimum atomic E-state index is -0.281. The molecule has 1 atom stereocenters. The third kappa shape index (κ3) is 3.78. The van der Waals surface area contributed by atoms with Crippen molar-refractivity contribution in [3.8, 4) is 0 Å². The summed E-state index contributed by atoms with van der Waals surface area (Å²) in [5.41, 5.74) is 1.90. The summed E-state index contributed by atoms with van der Waals surface area (Å²) in [7, 11) is 3.96. The van der Waals surface area contributed by atoms with Crippen molar-refractivity contribution in [3.63, 3.8) is 0 Å². The van der Waals surface area contributed by atoms with E-state index >= 15 is 0 Å². The van der Waals surface area contributed by atoms with Crippen LogP contribution in [0.2, 0.25) is 0 Å². The minimum Gasteiger partial charge on any atom is -0.350 e. The summed E-state index contributed by atoms with van der Waals surface area (Å²) in [6.07, 6.45) is 0. The number of hydrogen-bond acceptors (Lipinski definition) is 3. The third-order valence-electron chi connectivity index (χ3n) is 4.26. The standard InChI is InChI=1S/C20H21N3O2/c1-23(2)18(14-8-4-3-5-9-14)13-21-20(25)16-12-19(24)22-17-11-7-6-10-15(16)17/h3-12,18H,13H2,1-2H3,(H,21,25)(H,22,24)/t18-/m1/s1. The van der Waals surface area contributed by atoms with Gasteiger partial charge < -0.3 is 15.2 Å². The number of para-hydroxylation sites is 1. The second kappa shape index (κ2) is 7.32. The average molecular weight is 335 g/mol. The maximum absolute atomic E-state index is 12.7. The summed E-state index contributed by atoms with van der Waals surface area (Å²) in [5, 5.41) is 3.70. The molecule has 5 heteroatoms. The van der Waals surface area contributed by atoms with Gasteiger partial charge in [-0.1, -0.05) is 48.5 Å². The van der Waals surface area contributed by atoms with Gasteiger partial charge >= 0.3 is 0 Å². The van der Waals surface area contributed by atoms with E-state index in [1.54, 1.807) is 6.07 Å². The van der Waals surface area contributed by atoms with Crippen LogP contribution in [0.3, 0.4) is 0 Å². The van der Waals surface area contributed by atoms with E-state index in [4.69, 9.17) is 0 Å². The topological polar surface area (TPSA) is 65.2 Å². The van der Waals surface area contributed by atoms with Crippen LogP contribution in [0, 0.1) is 0 Å². The van der Waals surface area contributed by atoms with Crippen molar-refractivity contribution in [1.82, 2.24) is 15.2 Å². The number of aromatic amines is 1. The number of pyridine rings is 1. The van der Waals surface area contributed by atoms with Crippen molar-refractivity contribution in [2.24, 2.45) is 0 Å². The summed E-state index contributed by atoms with van der Waals surface area (Å²) >= 11 is 0. The molecular weight excluding hydrogens is 314 g/mol. The lowest BCUT2D eigenvalue weighted by Gasteiger charge is -2.25. The normalized spacial score (nSPS) is 12.3. The third-order valence-corrected chi connectivity index (χ3v) is 4.26. The first-order valence-corrected chi connectivity index (χ1v) is 8.18. The second-order valence-electron chi connectivity index (χ2n) is 6.19. The van der Waals surface area contributed by atoms with Crippen molar-refractivity contribution in [3.05, 3.63) is 82.1 Å². The smallest absolute Gasteiger partial charge is 0.252 e. The Morgan fingerprint density at radius 1 is 1.08 bits per heavy atom. The molecule has 1 aromatic heterocycles. The molecule has 3 aromatic rings. The molecule has 0 radical (unpaired) electrons. The predicted octanol–water partition coefficient (Wildman–Crippen LogP) is 2.56. The molecule has 0 aliphatic rings. The van der Waals surface area contributed by atoms with E-state index in [0.717, 1.165) is 10.9 Å². The fraction of sp³-hybridized carbons (Fsp3) is 0.200. The fourth-order valence-electron chi connectivity index (χ4n) is 2.95. The zero-order chi connectivity index (χ0) is 17.8. The quantitative estimate of drug-likeness (QED) is 0.753. The molecule has 25 heavy (non-hydrogen) atoms. The van der Waals surface area contributed by atoms with E-state index in [9.17, 15) is 9.59 Å². The molecule has 2 aromatic carbocycles. The van der Waals surface area contributed by atoms with Gasteiger partial charge in [-0.15, -0.1) is 0 Å².